The molecule has 0 amide bonds. The van der Waals surface area contributed by atoms with Gasteiger partial charge in [0.15, 0.2) is 5.82 Å². The fraction of sp³-hybridized carbons (Fsp3) is 0.333. The van der Waals surface area contributed by atoms with Gasteiger partial charge < -0.3 is 0 Å². The maximum atomic E-state index is 4.08. The minimum atomic E-state index is 0.0706. The summed E-state index contributed by atoms with van der Waals surface area (Å²) in [6.07, 6.45) is 3.45. The Morgan fingerprint density at radius 2 is 2.18 bits per heavy atom. The van der Waals surface area contributed by atoms with Crippen LogP contribution in [0.25, 0.3) is 0 Å². The van der Waals surface area contributed by atoms with E-state index in [9.17, 15) is 0 Å². The van der Waals surface area contributed by atoms with Gasteiger partial charge in [0.25, 0.3) is 0 Å². The highest BCUT2D eigenvalue weighted by Gasteiger charge is 2.17. The van der Waals surface area contributed by atoms with Gasteiger partial charge in [-0.3, -0.25) is 0 Å². The molecule has 1 aliphatic rings. The lowest BCUT2D eigenvalue weighted by Crippen LogP contribution is -2.00. The second kappa shape index (κ2) is 2.96. The SMILES string of the molecule is c1cnc(C2CSN=N2)nc1. The van der Waals surface area contributed by atoms with Gasteiger partial charge in [0.2, 0.25) is 0 Å². The lowest BCUT2D eigenvalue weighted by atomic mass is 10.3. The number of hydrogen-bond acceptors (Lipinski definition) is 5. The van der Waals surface area contributed by atoms with Crippen LogP contribution in [0.4, 0.5) is 0 Å². The Hall–Kier alpha value is -0.970. The normalized spacial score (nSPS) is 22.4. The monoisotopic (exact) mass is 166 g/mol. The molecule has 1 unspecified atom stereocenters. The molecule has 56 valence electrons. The highest BCUT2D eigenvalue weighted by Crippen LogP contribution is 2.27. The summed E-state index contributed by atoms with van der Waals surface area (Å²) < 4.78 is 3.80. The number of aromatic nitrogens is 2. The van der Waals surface area contributed by atoms with E-state index < -0.39 is 0 Å². The first-order valence-electron chi connectivity index (χ1n) is 3.26. The first-order chi connectivity index (χ1) is 5.47. The standard InChI is InChI=1S/C6H6N4S/c1-2-7-6(8-3-1)5-4-11-10-9-5/h1-3,5H,4H2. The number of hydrogen-bond donors (Lipinski definition) is 0. The van der Waals surface area contributed by atoms with Crippen molar-refractivity contribution in [3.63, 3.8) is 0 Å². The van der Waals surface area contributed by atoms with Crippen molar-refractivity contribution >= 4 is 11.9 Å². The second-order valence-electron chi connectivity index (χ2n) is 2.12. The van der Waals surface area contributed by atoms with E-state index in [0.29, 0.717) is 0 Å². The van der Waals surface area contributed by atoms with Gasteiger partial charge >= 0.3 is 0 Å². The smallest absolute Gasteiger partial charge is 0.155 e. The second-order valence-corrected chi connectivity index (χ2v) is 2.87. The summed E-state index contributed by atoms with van der Waals surface area (Å²) in [7, 11) is 0. The molecule has 0 aromatic carbocycles. The van der Waals surface area contributed by atoms with Crippen LogP contribution in [0.3, 0.4) is 0 Å². The predicted molar refractivity (Wildman–Crippen MR) is 42.1 cm³/mol. The van der Waals surface area contributed by atoms with Crippen molar-refractivity contribution in [3.8, 4) is 0 Å². The molecule has 1 atom stereocenters. The highest BCUT2D eigenvalue weighted by molar-refractivity contribution is 7.98. The summed E-state index contributed by atoms with van der Waals surface area (Å²) in [5.74, 6) is 1.63. The van der Waals surface area contributed by atoms with Crippen LogP contribution in [-0.4, -0.2) is 15.7 Å². The molecule has 0 spiro atoms. The van der Waals surface area contributed by atoms with E-state index in [-0.39, 0.29) is 6.04 Å². The Kier molecular flexibility index (Phi) is 1.81. The minimum Gasteiger partial charge on any atom is -0.239 e. The molecular weight excluding hydrogens is 160 g/mol. The summed E-state index contributed by atoms with van der Waals surface area (Å²) in [6.45, 7) is 0. The van der Waals surface area contributed by atoms with Crippen LogP contribution in [0, 0.1) is 0 Å². The Morgan fingerprint density at radius 1 is 1.36 bits per heavy atom. The third-order valence-corrected chi connectivity index (χ3v) is 2.04. The molecule has 2 rings (SSSR count). The molecule has 11 heavy (non-hydrogen) atoms. The first-order valence-corrected chi connectivity index (χ1v) is 4.20. The van der Waals surface area contributed by atoms with Crippen molar-refractivity contribution < 1.29 is 0 Å². The Morgan fingerprint density at radius 3 is 2.82 bits per heavy atom. The molecular formula is C6H6N4S. The van der Waals surface area contributed by atoms with Crippen LogP contribution in [0.2, 0.25) is 0 Å². The molecule has 1 aliphatic heterocycles. The van der Waals surface area contributed by atoms with Gasteiger partial charge in [-0.15, -0.1) is 4.52 Å². The van der Waals surface area contributed by atoms with E-state index in [1.54, 1.807) is 18.5 Å². The van der Waals surface area contributed by atoms with Crippen LogP contribution in [0.1, 0.15) is 11.9 Å². The summed E-state index contributed by atoms with van der Waals surface area (Å²) >= 11 is 1.46. The van der Waals surface area contributed by atoms with Gasteiger partial charge in [-0.2, -0.15) is 5.11 Å². The van der Waals surface area contributed by atoms with Crippen LogP contribution in [-0.2, 0) is 0 Å². The van der Waals surface area contributed by atoms with E-state index in [2.05, 4.69) is 19.6 Å². The molecule has 0 N–H and O–H groups in total. The Balaban J connectivity index is 2.23. The zero-order valence-electron chi connectivity index (χ0n) is 5.71. The Bertz CT molecular complexity index is 261. The molecule has 0 saturated carbocycles. The van der Waals surface area contributed by atoms with E-state index in [1.807, 2.05) is 0 Å². The number of rotatable bonds is 1. The summed E-state index contributed by atoms with van der Waals surface area (Å²) in [5.41, 5.74) is 0. The Labute approximate surface area is 68.3 Å². The lowest BCUT2D eigenvalue weighted by Gasteiger charge is -1.99. The highest BCUT2D eigenvalue weighted by atomic mass is 32.2. The molecule has 1 aromatic heterocycles. The van der Waals surface area contributed by atoms with Crippen LogP contribution >= 0.6 is 11.9 Å². The van der Waals surface area contributed by atoms with Gasteiger partial charge in [0, 0.05) is 18.1 Å². The van der Waals surface area contributed by atoms with E-state index >= 15 is 0 Å². The van der Waals surface area contributed by atoms with Crippen molar-refractivity contribution in [2.45, 2.75) is 6.04 Å². The molecule has 0 aliphatic carbocycles. The average Bonchev–Trinajstić information content (AvgIpc) is 2.58. The van der Waals surface area contributed by atoms with Gasteiger partial charge in [-0.1, -0.05) is 0 Å². The summed E-state index contributed by atoms with van der Waals surface area (Å²) in [5, 5.41) is 3.97. The summed E-state index contributed by atoms with van der Waals surface area (Å²) in [6, 6.07) is 1.86. The van der Waals surface area contributed by atoms with Gasteiger partial charge in [-0.05, 0) is 18.0 Å². The fourth-order valence-corrected chi connectivity index (χ4v) is 1.44. The molecule has 1 aromatic rings. The zero-order chi connectivity index (χ0) is 7.52. The lowest BCUT2D eigenvalue weighted by molar-refractivity contribution is 0.740. The summed E-state index contributed by atoms with van der Waals surface area (Å²) in [4.78, 5) is 8.17. The topological polar surface area (TPSA) is 50.5 Å². The number of nitrogens with zero attached hydrogens (tertiary/aromatic N) is 4. The first kappa shape index (κ1) is 6.72. The maximum absolute atomic E-state index is 4.08. The van der Waals surface area contributed by atoms with Crippen molar-refractivity contribution in [1.29, 1.82) is 0 Å². The van der Waals surface area contributed by atoms with Crippen molar-refractivity contribution in [2.75, 3.05) is 5.75 Å². The van der Waals surface area contributed by atoms with Gasteiger partial charge in [0.05, 0.1) is 0 Å². The molecule has 0 saturated heterocycles. The fourth-order valence-electron chi connectivity index (χ4n) is 0.836. The van der Waals surface area contributed by atoms with Crippen molar-refractivity contribution in [1.82, 2.24) is 9.97 Å². The van der Waals surface area contributed by atoms with Crippen LogP contribution in [0.5, 0.6) is 0 Å². The molecule has 5 heteroatoms. The zero-order valence-corrected chi connectivity index (χ0v) is 6.53. The molecule has 0 fully saturated rings. The maximum Gasteiger partial charge on any atom is 0.155 e. The predicted octanol–water partition coefficient (Wildman–Crippen LogP) is 1.63. The van der Waals surface area contributed by atoms with E-state index in [1.165, 1.54) is 11.9 Å². The molecule has 2 heterocycles. The third kappa shape index (κ3) is 1.37. The van der Waals surface area contributed by atoms with Gasteiger partial charge in [0.1, 0.15) is 6.04 Å². The van der Waals surface area contributed by atoms with E-state index in [0.717, 1.165) is 11.6 Å². The van der Waals surface area contributed by atoms with E-state index in [4.69, 9.17) is 0 Å². The van der Waals surface area contributed by atoms with Crippen molar-refractivity contribution in [2.24, 2.45) is 9.63 Å². The minimum absolute atomic E-state index is 0.0706. The third-order valence-electron chi connectivity index (χ3n) is 1.36. The van der Waals surface area contributed by atoms with Gasteiger partial charge in [-0.25, -0.2) is 9.97 Å². The molecule has 4 nitrogen and oxygen atoms in total. The van der Waals surface area contributed by atoms with Crippen LogP contribution in [0.15, 0.2) is 28.1 Å². The molecule has 0 bridgehead atoms. The van der Waals surface area contributed by atoms with Crippen LogP contribution < -0.4 is 0 Å². The largest absolute Gasteiger partial charge is 0.239 e. The molecule has 0 radical (unpaired) electrons. The van der Waals surface area contributed by atoms with Crippen molar-refractivity contribution in [3.05, 3.63) is 24.3 Å². The average molecular weight is 166 g/mol. The quantitative estimate of drug-likeness (QED) is 0.596.